The molecule has 0 saturated carbocycles. The van der Waals surface area contributed by atoms with Gasteiger partial charge in [-0.25, -0.2) is 9.98 Å². The fourth-order valence-electron chi connectivity index (χ4n) is 2.57. The number of rotatable bonds is 7. The lowest BCUT2D eigenvalue weighted by atomic mass is 10.2. The molecule has 0 amide bonds. The summed E-state index contributed by atoms with van der Waals surface area (Å²) in [4.78, 5) is 9.33. The highest BCUT2D eigenvalue weighted by atomic mass is 32.1. The van der Waals surface area contributed by atoms with Crippen LogP contribution in [0.3, 0.4) is 0 Å². The van der Waals surface area contributed by atoms with E-state index in [1.807, 2.05) is 24.3 Å². The van der Waals surface area contributed by atoms with Crippen LogP contribution in [0, 0.1) is 0 Å². The third kappa shape index (κ3) is 5.29. The minimum absolute atomic E-state index is 0.689. The summed E-state index contributed by atoms with van der Waals surface area (Å²) in [5.74, 6) is 0.871. The molecule has 0 spiro atoms. The molecular weight excluding hydrogens is 328 g/mol. The second-order valence-electron chi connectivity index (χ2n) is 5.79. The minimum atomic E-state index is 0.689. The Labute approximate surface area is 153 Å². The molecule has 0 bridgehead atoms. The van der Waals surface area contributed by atoms with Crippen molar-refractivity contribution >= 4 is 27.5 Å². The van der Waals surface area contributed by atoms with E-state index in [1.165, 1.54) is 15.3 Å². The van der Waals surface area contributed by atoms with Gasteiger partial charge in [-0.2, -0.15) is 0 Å². The van der Waals surface area contributed by atoms with Crippen LogP contribution in [0.15, 0.2) is 59.6 Å². The van der Waals surface area contributed by atoms with Crippen molar-refractivity contribution in [2.24, 2.45) is 4.99 Å². The summed E-state index contributed by atoms with van der Waals surface area (Å²) in [6.07, 6.45) is 2.03. The Morgan fingerprint density at radius 1 is 1.04 bits per heavy atom. The SMILES string of the molecule is CCNC(=NCc1ccccc1)NCCCc1nc2ccccc2s1. The van der Waals surface area contributed by atoms with Gasteiger partial charge in [0.2, 0.25) is 0 Å². The van der Waals surface area contributed by atoms with Crippen molar-refractivity contribution in [3.05, 3.63) is 65.2 Å². The summed E-state index contributed by atoms with van der Waals surface area (Å²) >= 11 is 1.79. The molecule has 3 rings (SSSR count). The zero-order valence-corrected chi connectivity index (χ0v) is 15.4. The Morgan fingerprint density at radius 3 is 2.64 bits per heavy atom. The molecule has 5 heteroatoms. The Hall–Kier alpha value is -2.40. The predicted molar refractivity (Wildman–Crippen MR) is 107 cm³/mol. The summed E-state index contributed by atoms with van der Waals surface area (Å²) in [5, 5.41) is 7.91. The van der Waals surface area contributed by atoms with Crippen molar-refractivity contribution < 1.29 is 0 Å². The van der Waals surface area contributed by atoms with Gasteiger partial charge in [0, 0.05) is 19.5 Å². The number of thiazole rings is 1. The lowest BCUT2D eigenvalue weighted by Crippen LogP contribution is -2.37. The average Bonchev–Trinajstić information content (AvgIpc) is 3.07. The van der Waals surface area contributed by atoms with E-state index in [0.29, 0.717) is 6.54 Å². The van der Waals surface area contributed by atoms with Gasteiger partial charge < -0.3 is 10.6 Å². The minimum Gasteiger partial charge on any atom is -0.357 e. The van der Waals surface area contributed by atoms with Crippen molar-refractivity contribution in [1.29, 1.82) is 0 Å². The summed E-state index contributed by atoms with van der Waals surface area (Å²) in [6.45, 7) is 4.52. The maximum absolute atomic E-state index is 4.69. The van der Waals surface area contributed by atoms with Crippen LogP contribution in [0.4, 0.5) is 0 Å². The summed E-state index contributed by atoms with van der Waals surface area (Å²) in [7, 11) is 0. The van der Waals surface area contributed by atoms with E-state index in [2.05, 4.69) is 57.9 Å². The highest BCUT2D eigenvalue weighted by molar-refractivity contribution is 7.18. The molecule has 0 fully saturated rings. The zero-order valence-electron chi connectivity index (χ0n) is 14.5. The van der Waals surface area contributed by atoms with Gasteiger partial charge in [-0.05, 0) is 31.0 Å². The standard InChI is InChI=1S/C20H24N4S/c1-2-21-20(23-15-16-9-4-3-5-10-16)22-14-8-13-19-24-17-11-6-7-12-18(17)25-19/h3-7,9-12H,2,8,13-15H2,1H3,(H2,21,22,23). The molecule has 0 aliphatic heterocycles. The van der Waals surface area contributed by atoms with Crippen molar-refractivity contribution in [1.82, 2.24) is 15.6 Å². The van der Waals surface area contributed by atoms with Gasteiger partial charge in [0.15, 0.2) is 5.96 Å². The molecule has 0 unspecified atom stereocenters. The summed E-state index contributed by atoms with van der Waals surface area (Å²) in [5.41, 5.74) is 2.32. The van der Waals surface area contributed by atoms with Crippen LogP contribution < -0.4 is 10.6 Å². The number of hydrogen-bond donors (Lipinski definition) is 2. The molecule has 2 N–H and O–H groups in total. The molecule has 130 valence electrons. The van der Waals surface area contributed by atoms with Crippen LogP contribution in [-0.2, 0) is 13.0 Å². The van der Waals surface area contributed by atoms with Gasteiger partial charge in [-0.3, -0.25) is 0 Å². The first-order valence-corrected chi connectivity index (χ1v) is 9.57. The molecule has 1 aromatic heterocycles. The Kier molecular flexibility index (Phi) is 6.40. The van der Waals surface area contributed by atoms with Crippen LogP contribution in [0.2, 0.25) is 0 Å². The molecule has 0 aliphatic rings. The van der Waals surface area contributed by atoms with Gasteiger partial charge in [0.25, 0.3) is 0 Å². The van der Waals surface area contributed by atoms with Crippen molar-refractivity contribution in [2.75, 3.05) is 13.1 Å². The van der Waals surface area contributed by atoms with E-state index in [9.17, 15) is 0 Å². The molecule has 4 nitrogen and oxygen atoms in total. The molecule has 2 aromatic carbocycles. The predicted octanol–water partition coefficient (Wildman–Crippen LogP) is 3.98. The number of aromatic nitrogens is 1. The number of nitrogens with one attached hydrogen (secondary N) is 2. The normalized spacial score (nSPS) is 11.6. The first kappa shape index (κ1) is 17.4. The molecule has 0 radical (unpaired) electrons. The number of nitrogens with zero attached hydrogens (tertiary/aromatic N) is 2. The third-order valence-corrected chi connectivity index (χ3v) is 4.90. The molecule has 0 atom stereocenters. The van der Waals surface area contributed by atoms with Crippen LogP contribution >= 0.6 is 11.3 Å². The van der Waals surface area contributed by atoms with Gasteiger partial charge in [0.05, 0.1) is 21.8 Å². The Bertz CT molecular complexity index is 778. The first-order chi connectivity index (χ1) is 12.3. The highest BCUT2D eigenvalue weighted by Crippen LogP contribution is 2.22. The molecule has 0 aliphatic carbocycles. The maximum atomic E-state index is 4.69. The van der Waals surface area contributed by atoms with Crippen LogP contribution in [0.5, 0.6) is 0 Å². The molecular formula is C20H24N4S. The number of para-hydroxylation sites is 1. The monoisotopic (exact) mass is 352 g/mol. The second kappa shape index (κ2) is 9.18. The quantitative estimate of drug-likeness (QED) is 0.384. The van der Waals surface area contributed by atoms with E-state index in [0.717, 1.165) is 37.4 Å². The van der Waals surface area contributed by atoms with E-state index in [1.54, 1.807) is 11.3 Å². The molecule has 1 heterocycles. The summed E-state index contributed by atoms with van der Waals surface area (Å²) < 4.78 is 1.27. The van der Waals surface area contributed by atoms with E-state index in [4.69, 9.17) is 0 Å². The van der Waals surface area contributed by atoms with E-state index < -0.39 is 0 Å². The van der Waals surface area contributed by atoms with Crippen LogP contribution in [0.1, 0.15) is 23.9 Å². The molecule has 25 heavy (non-hydrogen) atoms. The van der Waals surface area contributed by atoms with Gasteiger partial charge >= 0.3 is 0 Å². The van der Waals surface area contributed by atoms with Crippen molar-refractivity contribution in [3.8, 4) is 0 Å². The second-order valence-corrected chi connectivity index (χ2v) is 6.90. The number of hydrogen-bond acceptors (Lipinski definition) is 3. The first-order valence-electron chi connectivity index (χ1n) is 8.75. The smallest absolute Gasteiger partial charge is 0.191 e. The van der Waals surface area contributed by atoms with Crippen molar-refractivity contribution in [2.45, 2.75) is 26.3 Å². The fourth-order valence-corrected chi connectivity index (χ4v) is 3.58. The number of fused-ring (bicyclic) bond motifs is 1. The lowest BCUT2D eigenvalue weighted by Gasteiger charge is -2.10. The number of aliphatic imine (C=N–C) groups is 1. The zero-order chi connectivity index (χ0) is 17.3. The largest absolute Gasteiger partial charge is 0.357 e. The molecule has 0 saturated heterocycles. The van der Waals surface area contributed by atoms with Crippen LogP contribution in [0.25, 0.3) is 10.2 Å². The van der Waals surface area contributed by atoms with Gasteiger partial charge in [-0.1, -0.05) is 42.5 Å². The Balaban J connectivity index is 1.48. The van der Waals surface area contributed by atoms with Crippen molar-refractivity contribution in [3.63, 3.8) is 0 Å². The van der Waals surface area contributed by atoms with E-state index in [-0.39, 0.29) is 0 Å². The molecule has 3 aromatic rings. The topological polar surface area (TPSA) is 49.3 Å². The third-order valence-electron chi connectivity index (χ3n) is 3.80. The highest BCUT2D eigenvalue weighted by Gasteiger charge is 2.03. The fraction of sp³-hybridized carbons (Fsp3) is 0.300. The number of aryl methyl sites for hydroxylation is 1. The van der Waals surface area contributed by atoms with E-state index >= 15 is 0 Å². The Morgan fingerprint density at radius 2 is 1.84 bits per heavy atom. The van der Waals surface area contributed by atoms with Crippen LogP contribution in [-0.4, -0.2) is 24.0 Å². The average molecular weight is 353 g/mol. The maximum Gasteiger partial charge on any atom is 0.191 e. The number of guanidine groups is 1. The van der Waals surface area contributed by atoms with Gasteiger partial charge in [0.1, 0.15) is 0 Å². The number of benzene rings is 2. The lowest BCUT2D eigenvalue weighted by molar-refractivity contribution is 0.742. The summed E-state index contributed by atoms with van der Waals surface area (Å²) in [6, 6.07) is 18.6. The van der Waals surface area contributed by atoms with Gasteiger partial charge in [-0.15, -0.1) is 11.3 Å².